The van der Waals surface area contributed by atoms with Crippen molar-refractivity contribution in [3.05, 3.63) is 30.1 Å². The summed E-state index contributed by atoms with van der Waals surface area (Å²) >= 11 is 0. The average molecular weight is 226 g/mol. The summed E-state index contributed by atoms with van der Waals surface area (Å²) in [4.78, 5) is 4.07. The molecular formula is C11H18N2OS. The minimum absolute atomic E-state index is 0.184. The third-order valence-corrected chi connectivity index (χ3v) is 3.76. The van der Waals surface area contributed by atoms with Crippen molar-refractivity contribution in [3.63, 3.8) is 0 Å². The second kappa shape index (κ2) is 5.98. The molecule has 0 aliphatic heterocycles. The molecule has 0 aliphatic carbocycles. The summed E-state index contributed by atoms with van der Waals surface area (Å²) in [6.07, 6.45) is 5.35. The lowest BCUT2D eigenvalue weighted by molar-refractivity contribution is 0.567. The summed E-state index contributed by atoms with van der Waals surface area (Å²) in [5, 5.41) is 3.53. The molecule has 15 heavy (non-hydrogen) atoms. The van der Waals surface area contributed by atoms with Crippen LogP contribution in [-0.4, -0.2) is 27.2 Å². The van der Waals surface area contributed by atoms with E-state index in [-0.39, 0.29) is 11.3 Å². The van der Waals surface area contributed by atoms with Crippen molar-refractivity contribution in [2.75, 3.05) is 12.8 Å². The summed E-state index contributed by atoms with van der Waals surface area (Å²) in [7, 11) is -0.761. The average Bonchev–Trinajstić information content (AvgIpc) is 2.26. The Kier molecular flexibility index (Phi) is 4.91. The van der Waals surface area contributed by atoms with E-state index in [9.17, 15) is 4.21 Å². The number of hydrogen-bond acceptors (Lipinski definition) is 3. The lowest BCUT2D eigenvalue weighted by atomic mass is 10.1. The maximum Gasteiger partial charge on any atom is 0.0441 e. The topological polar surface area (TPSA) is 42.0 Å². The van der Waals surface area contributed by atoms with Gasteiger partial charge in [-0.25, -0.2) is 0 Å². The lowest BCUT2D eigenvalue weighted by Crippen LogP contribution is -2.29. The number of nitrogens with zero attached hydrogens (tertiary/aromatic N) is 1. The normalized spacial score (nSPS) is 17.0. The second-order valence-electron chi connectivity index (χ2n) is 3.73. The van der Waals surface area contributed by atoms with Gasteiger partial charge in [-0.05, 0) is 25.5 Å². The van der Waals surface area contributed by atoms with Crippen molar-refractivity contribution in [2.45, 2.75) is 25.1 Å². The van der Waals surface area contributed by atoms with Gasteiger partial charge in [0.2, 0.25) is 0 Å². The molecule has 3 unspecified atom stereocenters. The fourth-order valence-electron chi connectivity index (χ4n) is 1.21. The van der Waals surface area contributed by atoms with Crippen molar-refractivity contribution >= 4 is 10.8 Å². The standard InChI is InChI=1S/C11H18N2OS/c1-9(15(3)14)7-13-10(2)11-5-4-6-12-8-11/h4-6,8-10,13H,7H2,1-3H3. The Bertz CT molecular complexity index is 316. The maximum atomic E-state index is 11.2. The molecule has 0 bridgehead atoms. The molecule has 0 saturated heterocycles. The summed E-state index contributed by atoms with van der Waals surface area (Å²) < 4.78 is 11.2. The number of rotatable bonds is 5. The molecular weight excluding hydrogens is 208 g/mol. The van der Waals surface area contributed by atoms with Gasteiger partial charge in [0.25, 0.3) is 0 Å². The highest BCUT2D eigenvalue weighted by atomic mass is 32.2. The van der Waals surface area contributed by atoms with Crippen LogP contribution in [0.1, 0.15) is 25.5 Å². The van der Waals surface area contributed by atoms with Gasteiger partial charge in [0.15, 0.2) is 0 Å². The zero-order chi connectivity index (χ0) is 11.3. The third-order valence-electron chi connectivity index (χ3n) is 2.46. The highest BCUT2D eigenvalue weighted by molar-refractivity contribution is 7.84. The minimum atomic E-state index is -0.761. The van der Waals surface area contributed by atoms with Gasteiger partial charge in [-0.15, -0.1) is 0 Å². The first-order valence-electron chi connectivity index (χ1n) is 5.06. The summed E-state index contributed by atoms with van der Waals surface area (Å²) in [6.45, 7) is 4.83. The van der Waals surface area contributed by atoms with E-state index >= 15 is 0 Å². The van der Waals surface area contributed by atoms with Gasteiger partial charge in [0, 0.05) is 47.3 Å². The molecule has 3 nitrogen and oxygen atoms in total. The molecule has 1 heterocycles. The smallest absolute Gasteiger partial charge is 0.0441 e. The number of hydrogen-bond donors (Lipinski definition) is 1. The van der Waals surface area contributed by atoms with Crippen LogP contribution in [0, 0.1) is 0 Å². The van der Waals surface area contributed by atoms with Gasteiger partial charge in [0.05, 0.1) is 0 Å². The Morgan fingerprint density at radius 3 is 2.80 bits per heavy atom. The van der Waals surface area contributed by atoms with Gasteiger partial charge in [-0.3, -0.25) is 9.19 Å². The van der Waals surface area contributed by atoms with Crippen LogP contribution >= 0.6 is 0 Å². The summed E-state index contributed by atoms with van der Waals surface area (Å²) in [5.41, 5.74) is 1.16. The van der Waals surface area contributed by atoms with E-state index in [2.05, 4.69) is 17.2 Å². The molecule has 84 valence electrons. The highest BCUT2D eigenvalue weighted by Crippen LogP contribution is 2.09. The van der Waals surface area contributed by atoms with Crippen molar-refractivity contribution in [3.8, 4) is 0 Å². The molecule has 0 fully saturated rings. The zero-order valence-corrected chi connectivity index (χ0v) is 10.3. The third kappa shape index (κ3) is 4.10. The Hall–Kier alpha value is -0.740. The molecule has 0 aromatic carbocycles. The predicted octanol–water partition coefficient (Wildman–Crippen LogP) is 1.50. The van der Waals surface area contributed by atoms with Crippen LogP contribution in [0.4, 0.5) is 0 Å². The van der Waals surface area contributed by atoms with E-state index in [0.29, 0.717) is 0 Å². The Morgan fingerprint density at radius 2 is 2.27 bits per heavy atom. The quantitative estimate of drug-likeness (QED) is 0.827. The van der Waals surface area contributed by atoms with E-state index in [1.165, 1.54) is 0 Å². The Morgan fingerprint density at radius 1 is 1.53 bits per heavy atom. The molecule has 1 rings (SSSR count). The minimum Gasteiger partial charge on any atom is -0.309 e. The monoisotopic (exact) mass is 226 g/mol. The molecule has 0 aliphatic rings. The summed E-state index contributed by atoms with van der Waals surface area (Å²) in [6, 6.07) is 4.22. The van der Waals surface area contributed by atoms with Crippen LogP contribution in [0.25, 0.3) is 0 Å². The molecule has 1 aromatic rings. The van der Waals surface area contributed by atoms with Gasteiger partial charge in [-0.1, -0.05) is 6.07 Å². The van der Waals surface area contributed by atoms with E-state index in [1.807, 2.05) is 25.3 Å². The number of pyridine rings is 1. The zero-order valence-electron chi connectivity index (χ0n) is 9.43. The molecule has 4 heteroatoms. The predicted molar refractivity (Wildman–Crippen MR) is 64.2 cm³/mol. The molecule has 0 spiro atoms. The van der Waals surface area contributed by atoms with Crippen LogP contribution in [0.3, 0.4) is 0 Å². The van der Waals surface area contributed by atoms with Gasteiger partial charge in [-0.2, -0.15) is 0 Å². The fraction of sp³-hybridized carbons (Fsp3) is 0.545. The van der Waals surface area contributed by atoms with Crippen LogP contribution < -0.4 is 5.32 Å². The fourth-order valence-corrected chi connectivity index (χ4v) is 1.54. The first-order chi connectivity index (χ1) is 7.11. The SMILES string of the molecule is CC(NCC(C)S(C)=O)c1cccnc1. The van der Waals surface area contributed by atoms with Gasteiger partial charge < -0.3 is 5.32 Å². The van der Waals surface area contributed by atoms with E-state index < -0.39 is 10.8 Å². The molecule has 3 atom stereocenters. The number of nitrogens with one attached hydrogen (secondary N) is 1. The van der Waals surface area contributed by atoms with Crippen molar-refractivity contribution in [1.82, 2.24) is 10.3 Å². The molecule has 1 N–H and O–H groups in total. The van der Waals surface area contributed by atoms with Gasteiger partial charge in [0.1, 0.15) is 0 Å². The van der Waals surface area contributed by atoms with Gasteiger partial charge >= 0.3 is 0 Å². The number of aromatic nitrogens is 1. The van der Waals surface area contributed by atoms with Crippen molar-refractivity contribution in [1.29, 1.82) is 0 Å². The van der Waals surface area contributed by atoms with E-state index in [0.717, 1.165) is 12.1 Å². The van der Waals surface area contributed by atoms with Crippen LogP contribution in [0.5, 0.6) is 0 Å². The van der Waals surface area contributed by atoms with Crippen molar-refractivity contribution in [2.24, 2.45) is 0 Å². The van der Waals surface area contributed by atoms with Crippen LogP contribution in [0.15, 0.2) is 24.5 Å². The molecule has 0 amide bonds. The Balaban J connectivity index is 2.43. The Labute approximate surface area is 93.8 Å². The van der Waals surface area contributed by atoms with E-state index in [1.54, 1.807) is 12.5 Å². The van der Waals surface area contributed by atoms with E-state index in [4.69, 9.17) is 0 Å². The van der Waals surface area contributed by atoms with Crippen LogP contribution in [-0.2, 0) is 10.8 Å². The summed E-state index contributed by atoms with van der Waals surface area (Å²) in [5.74, 6) is 0. The second-order valence-corrected chi connectivity index (χ2v) is 5.53. The molecule has 0 saturated carbocycles. The molecule has 1 aromatic heterocycles. The highest BCUT2D eigenvalue weighted by Gasteiger charge is 2.09. The van der Waals surface area contributed by atoms with Crippen molar-refractivity contribution < 1.29 is 4.21 Å². The molecule has 0 radical (unpaired) electrons. The maximum absolute atomic E-state index is 11.2. The first kappa shape index (κ1) is 12.3. The lowest BCUT2D eigenvalue weighted by Gasteiger charge is -2.16. The van der Waals surface area contributed by atoms with Crippen LogP contribution in [0.2, 0.25) is 0 Å². The first-order valence-corrected chi connectivity index (χ1v) is 6.69. The largest absolute Gasteiger partial charge is 0.309 e.